The van der Waals surface area contributed by atoms with E-state index in [2.05, 4.69) is 9.47 Å². The molecule has 4 nitrogen and oxygen atoms in total. The number of rotatable bonds is 4. The van der Waals surface area contributed by atoms with E-state index in [9.17, 15) is 115 Å². The fourth-order valence-electron chi connectivity index (χ4n) is 3.62. The van der Waals surface area contributed by atoms with Crippen LogP contribution in [0.1, 0.15) is 6.92 Å². The molecule has 2 aliphatic carbocycles. The molecule has 274 valence electrons. The highest BCUT2D eigenvalue weighted by atomic mass is 19.4. The van der Waals surface area contributed by atoms with Crippen molar-refractivity contribution in [2.24, 2.45) is 0 Å². The van der Waals surface area contributed by atoms with E-state index in [0.29, 0.717) is 0 Å². The number of halogens is 24. The number of ether oxygens (including phenoxy) is 2. The predicted octanol–water partition coefficient (Wildman–Crippen LogP) is 7.41. The second kappa shape index (κ2) is 10.0. The van der Waals surface area contributed by atoms with E-state index in [-0.39, 0.29) is 6.92 Å². The maximum absolute atomic E-state index is 14.1. The largest absolute Gasteiger partial charge is 0.446 e. The van der Waals surface area contributed by atoms with Crippen LogP contribution in [-0.2, 0) is 19.1 Å². The summed E-state index contributed by atoms with van der Waals surface area (Å²) >= 11 is 0. The van der Waals surface area contributed by atoms with Gasteiger partial charge in [0.25, 0.3) is 0 Å². The fraction of sp³-hybridized carbons (Fsp3) is 0.789. The summed E-state index contributed by atoms with van der Waals surface area (Å²) in [6.45, 7) is -0.384. The van der Waals surface area contributed by atoms with Crippen molar-refractivity contribution in [1.82, 2.24) is 0 Å². The van der Waals surface area contributed by atoms with Gasteiger partial charge in [0.1, 0.15) is 0 Å². The van der Waals surface area contributed by atoms with Crippen molar-refractivity contribution in [3.63, 3.8) is 0 Å². The average molecular weight is 754 g/mol. The monoisotopic (exact) mass is 754 g/mol. The zero-order chi connectivity index (χ0) is 38.0. The Balaban J connectivity index is 2.62. The van der Waals surface area contributed by atoms with E-state index >= 15 is 0 Å². The Morgan fingerprint density at radius 1 is 0.404 bits per heavy atom. The third-order valence-electron chi connectivity index (χ3n) is 6.47. The van der Waals surface area contributed by atoms with E-state index in [0.717, 1.165) is 0 Å². The Hall–Kier alpha value is -3.00. The molecule has 2 rings (SSSR count). The molecule has 0 aromatic heterocycles. The molecule has 0 aliphatic heterocycles. The highest BCUT2D eigenvalue weighted by Crippen LogP contribution is 2.68. The molecule has 2 aliphatic rings. The quantitative estimate of drug-likeness (QED) is 0.130. The van der Waals surface area contributed by atoms with Crippen molar-refractivity contribution in [3.8, 4) is 0 Å². The van der Waals surface area contributed by atoms with Gasteiger partial charge < -0.3 is 9.47 Å². The van der Waals surface area contributed by atoms with Gasteiger partial charge in [-0.3, -0.25) is 0 Å². The van der Waals surface area contributed by atoms with Crippen LogP contribution in [0.25, 0.3) is 0 Å². The van der Waals surface area contributed by atoms with Crippen LogP contribution in [0, 0.1) is 0 Å². The fourth-order valence-corrected chi connectivity index (χ4v) is 3.62. The van der Waals surface area contributed by atoms with Crippen LogP contribution >= 0.6 is 0 Å². The molecule has 47 heavy (non-hydrogen) atoms. The highest BCUT2D eigenvalue weighted by molar-refractivity contribution is 5.96. The molecule has 0 bridgehead atoms. The normalized spacial score (nSPS) is 30.7. The van der Waals surface area contributed by atoms with Crippen LogP contribution < -0.4 is 0 Å². The molecular weight excluding hydrogens is 748 g/mol. The number of hydrogen-bond acceptors (Lipinski definition) is 4. The average Bonchev–Trinajstić information content (AvgIpc) is 2.88. The highest BCUT2D eigenvalue weighted by Gasteiger charge is 2.99. The van der Waals surface area contributed by atoms with Crippen molar-refractivity contribution in [2.75, 3.05) is 0 Å². The molecule has 2 saturated carbocycles. The molecule has 2 fully saturated rings. The topological polar surface area (TPSA) is 52.6 Å². The summed E-state index contributed by atoms with van der Waals surface area (Å²) in [6.07, 6.45) is -13.6. The van der Waals surface area contributed by atoms with Crippen LogP contribution in [0.5, 0.6) is 0 Å². The Morgan fingerprint density at radius 3 is 0.851 bits per heavy atom. The summed E-state index contributed by atoms with van der Waals surface area (Å²) in [4.78, 5) is 23.5. The minimum Gasteiger partial charge on any atom is -0.446 e. The first-order chi connectivity index (χ1) is 20.2. The van der Waals surface area contributed by atoms with E-state index in [1.807, 2.05) is 0 Å². The van der Waals surface area contributed by atoms with Gasteiger partial charge in [-0.1, -0.05) is 0 Å². The summed E-state index contributed by atoms with van der Waals surface area (Å²) in [5, 5.41) is 0. The van der Waals surface area contributed by atoms with Gasteiger partial charge in [0, 0.05) is 11.6 Å². The summed E-state index contributed by atoms with van der Waals surface area (Å²) < 4.78 is 335. The molecule has 0 N–H and O–H groups in total. The van der Waals surface area contributed by atoms with Crippen molar-refractivity contribution in [2.45, 2.75) is 90.2 Å². The van der Waals surface area contributed by atoms with Crippen LogP contribution in [0.3, 0.4) is 0 Å². The molecule has 0 spiro atoms. The second-order valence-corrected chi connectivity index (χ2v) is 9.52. The summed E-state index contributed by atoms with van der Waals surface area (Å²) in [6, 6.07) is 0. The Labute approximate surface area is 239 Å². The standard InChI is InChI=1S/C19H6F24O4/c1-3(5(45)47-7-10(24,25)14(32,33)18(40,41)19(42,43)15(34,35)11(7,26)27)2-4(44)46-6-8(20,21)12(28,29)16(36,37)17(38,39)13(30,31)9(6,22)23/h2,6-7H,1H3/b3-2+. The molecule has 0 atom stereocenters. The van der Waals surface area contributed by atoms with Crippen LogP contribution in [0.4, 0.5) is 105 Å². The first-order valence-electron chi connectivity index (χ1n) is 10.8. The van der Waals surface area contributed by atoms with Gasteiger partial charge >= 0.3 is 83.0 Å². The Morgan fingerprint density at radius 2 is 0.617 bits per heavy atom. The maximum Gasteiger partial charge on any atom is 0.384 e. The van der Waals surface area contributed by atoms with E-state index in [4.69, 9.17) is 0 Å². The lowest BCUT2D eigenvalue weighted by molar-refractivity contribution is -0.397. The van der Waals surface area contributed by atoms with Crippen molar-refractivity contribution in [1.29, 1.82) is 0 Å². The van der Waals surface area contributed by atoms with Gasteiger partial charge in [0.05, 0.1) is 0 Å². The van der Waals surface area contributed by atoms with E-state index < -0.39 is 107 Å². The number of esters is 2. The first-order valence-corrected chi connectivity index (χ1v) is 10.8. The lowest BCUT2D eigenvalue weighted by Gasteiger charge is -2.35. The van der Waals surface area contributed by atoms with Gasteiger partial charge in [0.2, 0.25) is 12.2 Å². The molecule has 0 aromatic carbocycles. The first kappa shape index (κ1) is 40.2. The lowest BCUT2D eigenvalue weighted by atomic mass is 9.99. The van der Waals surface area contributed by atoms with Crippen LogP contribution in [0.15, 0.2) is 11.6 Å². The SMILES string of the molecule is C/C(=C\C(=O)OC1C(F)(F)C(F)(F)C(F)(F)C(F)(F)C(F)(F)C1(F)F)C(=O)OC1C(F)(F)C(F)(F)C(F)(F)C(F)(F)C(F)(F)C1(F)F. The maximum atomic E-state index is 14.1. The molecule has 0 aromatic rings. The molecule has 28 heteroatoms. The zero-order valence-corrected chi connectivity index (χ0v) is 20.9. The lowest BCUT2D eigenvalue weighted by Crippen LogP contribution is -2.66. The zero-order valence-electron chi connectivity index (χ0n) is 20.9. The molecule has 0 amide bonds. The van der Waals surface area contributed by atoms with E-state index in [1.165, 1.54) is 0 Å². The molecular formula is C19H6F24O4. The molecule has 0 saturated heterocycles. The summed E-state index contributed by atoms with van der Waals surface area (Å²) in [5.74, 6) is -102. The minimum atomic E-state index is -8.11. The van der Waals surface area contributed by atoms with Crippen molar-refractivity contribution >= 4 is 11.9 Å². The molecule has 0 unspecified atom stereocenters. The Kier molecular flexibility index (Phi) is 8.57. The van der Waals surface area contributed by atoms with Crippen LogP contribution in [0.2, 0.25) is 0 Å². The van der Waals surface area contributed by atoms with Gasteiger partial charge in [-0.15, -0.1) is 0 Å². The van der Waals surface area contributed by atoms with Gasteiger partial charge in [-0.05, 0) is 6.92 Å². The van der Waals surface area contributed by atoms with E-state index in [1.54, 1.807) is 0 Å². The van der Waals surface area contributed by atoms with Gasteiger partial charge in [0.15, 0.2) is 0 Å². The third-order valence-corrected chi connectivity index (χ3v) is 6.47. The molecule has 0 heterocycles. The minimum absolute atomic E-state index is 0.384. The van der Waals surface area contributed by atoms with Crippen molar-refractivity contribution < 1.29 is 124 Å². The molecule has 0 radical (unpaired) electrons. The summed E-state index contributed by atoms with van der Waals surface area (Å²) in [7, 11) is 0. The summed E-state index contributed by atoms with van der Waals surface area (Å²) in [5.41, 5.74) is -2.43. The Bertz CT molecular complexity index is 1250. The smallest absolute Gasteiger partial charge is 0.384 e. The third kappa shape index (κ3) is 4.48. The van der Waals surface area contributed by atoms with Gasteiger partial charge in [-0.2, -0.15) is 105 Å². The number of carbonyl (C=O) groups is 2. The van der Waals surface area contributed by atoms with Crippen molar-refractivity contribution in [3.05, 3.63) is 11.6 Å². The number of alkyl halides is 24. The second-order valence-electron chi connectivity index (χ2n) is 9.52. The van der Waals surface area contributed by atoms with Crippen LogP contribution in [-0.4, -0.2) is 95.2 Å². The van der Waals surface area contributed by atoms with Gasteiger partial charge in [-0.25, -0.2) is 9.59 Å². The number of carbonyl (C=O) groups excluding carboxylic acids is 2. The number of hydrogen-bond donors (Lipinski definition) is 0. The predicted molar refractivity (Wildman–Crippen MR) is 92.9 cm³/mol.